The Balaban J connectivity index is 1.71. The highest BCUT2D eigenvalue weighted by Crippen LogP contribution is 2.23. The van der Waals surface area contributed by atoms with E-state index in [1.165, 1.54) is 11.3 Å². The van der Waals surface area contributed by atoms with E-state index in [0.717, 1.165) is 15.8 Å². The number of carbonyl (C=O) groups is 1. The molecule has 0 saturated heterocycles. The van der Waals surface area contributed by atoms with Crippen LogP contribution in [0.5, 0.6) is 0 Å². The second-order valence-electron chi connectivity index (χ2n) is 4.11. The molecule has 0 atom stereocenters. The van der Waals surface area contributed by atoms with Gasteiger partial charge in [-0.05, 0) is 23.8 Å². The summed E-state index contributed by atoms with van der Waals surface area (Å²) in [6.07, 6.45) is 3.33. The number of carbonyl (C=O) groups excluding carboxylic acids is 1. The first-order chi connectivity index (χ1) is 9.83. The lowest BCUT2D eigenvalue weighted by atomic mass is 10.2. The summed E-state index contributed by atoms with van der Waals surface area (Å²) in [6.45, 7) is 0. The second kappa shape index (κ2) is 5.63. The number of pyridine rings is 1. The van der Waals surface area contributed by atoms with Crippen molar-refractivity contribution < 1.29 is 4.79 Å². The summed E-state index contributed by atoms with van der Waals surface area (Å²) < 4.78 is 0.990. The topological polar surface area (TPSA) is 54.4 Å². The number of aromatic nitrogens is 1. The standard InChI is InChI=1S/C15H11N3OS/c19-15(18-17-10-11-5-2-1-3-6-11)14-9-12-13(20-14)7-4-8-16-12/h1-10H,(H,18,19). The molecule has 0 aliphatic heterocycles. The molecular formula is C15H11N3OS. The number of nitrogens with zero attached hydrogens (tertiary/aromatic N) is 2. The van der Waals surface area contributed by atoms with Gasteiger partial charge in [0.2, 0.25) is 0 Å². The van der Waals surface area contributed by atoms with Crippen molar-refractivity contribution in [3.63, 3.8) is 0 Å². The molecule has 1 amide bonds. The van der Waals surface area contributed by atoms with Crippen LogP contribution in [-0.2, 0) is 0 Å². The smallest absolute Gasteiger partial charge is 0.266 e. The molecule has 0 fully saturated rings. The van der Waals surface area contributed by atoms with Crippen LogP contribution in [0.2, 0.25) is 0 Å². The number of rotatable bonds is 3. The van der Waals surface area contributed by atoms with Gasteiger partial charge >= 0.3 is 0 Å². The molecule has 0 spiro atoms. The molecule has 3 rings (SSSR count). The second-order valence-corrected chi connectivity index (χ2v) is 5.19. The Morgan fingerprint density at radius 3 is 2.85 bits per heavy atom. The first kappa shape index (κ1) is 12.5. The fourth-order valence-electron chi connectivity index (χ4n) is 1.74. The Hall–Kier alpha value is -2.53. The maximum absolute atomic E-state index is 12.0. The average molecular weight is 281 g/mol. The van der Waals surface area contributed by atoms with E-state index in [-0.39, 0.29) is 5.91 Å². The number of hydrazone groups is 1. The van der Waals surface area contributed by atoms with Crippen molar-refractivity contribution in [2.24, 2.45) is 5.10 Å². The van der Waals surface area contributed by atoms with Crippen LogP contribution < -0.4 is 5.43 Å². The van der Waals surface area contributed by atoms with Gasteiger partial charge in [-0.3, -0.25) is 9.78 Å². The molecule has 5 heteroatoms. The van der Waals surface area contributed by atoms with Crippen LogP contribution in [0, 0.1) is 0 Å². The molecule has 0 aliphatic carbocycles. The van der Waals surface area contributed by atoms with Crippen molar-refractivity contribution in [1.82, 2.24) is 10.4 Å². The third-order valence-corrected chi connectivity index (χ3v) is 3.78. The number of benzene rings is 1. The molecule has 0 unspecified atom stereocenters. The average Bonchev–Trinajstić information content (AvgIpc) is 2.92. The van der Waals surface area contributed by atoms with Crippen LogP contribution in [-0.4, -0.2) is 17.1 Å². The Morgan fingerprint density at radius 2 is 2.05 bits per heavy atom. The third kappa shape index (κ3) is 2.73. The minimum Gasteiger partial charge on any atom is -0.266 e. The zero-order valence-corrected chi connectivity index (χ0v) is 11.3. The number of hydrogen-bond donors (Lipinski definition) is 1. The van der Waals surface area contributed by atoms with Gasteiger partial charge in [0.15, 0.2) is 0 Å². The number of nitrogens with one attached hydrogen (secondary N) is 1. The van der Waals surface area contributed by atoms with Crippen molar-refractivity contribution in [2.75, 3.05) is 0 Å². The predicted molar refractivity (Wildman–Crippen MR) is 81.1 cm³/mol. The number of amides is 1. The molecule has 0 radical (unpaired) electrons. The molecule has 2 aromatic heterocycles. The first-order valence-corrected chi connectivity index (χ1v) is 6.87. The van der Waals surface area contributed by atoms with E-state index in [1.54, 1.807) is 18.5 Å². The molecular weight excluding hydrogens is 270 g/mol. The van der Waals surface area contributed by atoms with E-state index in [2.05, 4.69) is 15.5 Å². The van der Waals surface area contributed by atoms with Crippen molar-refractivity contribution in [3.05, 3.63) is 65.2 Å². The van der Waals surface area contributed by atoms with Crippen LogP contribution in [0.4, 0.5) is 0 Å². The number of hydrogen-bond acceptors (Lipinski definition) is 4. The Labute approximate surface area is 119 Å². The largest absolute Gasteiger partial charge is 0.281 e. The molecule has 3 aromatic rings. The molecule has 20 heavy (non-hydrogen) atoms. The normalized spacial score (nSPS) is 11.0. The summed E-state index contributed by atoms with van der Waals surface area (Å²) in [4.78, 5) is 16.8. The van der Waals surface area contributed by atoms with Crippen LogP contribution in [0.15, 0.2) is 59.8 Å². The van der Waals surface area contributed by atoms with Crippen molar-refractivity contribution in [1.29, 1.82) is 0 Å². The summed E-state index contributed by atoms with van der Waals surface area (Å²) in [7, 11) is 0. The van der Waals surface area contributed by atoms with E-state index in [1.807, 2.05) is 42.5 Å². The SMILES string of the molecule is O=C(NN=Cc1ccccc1)c1cc2ncccc2s1. The van der Waals surface area contributed by atoms with E-state index in [9.17, 15) is 4.79 Å². The van der Waals surface area contributed by atoms with Crippen LogP contribution in [0.3, 0.4) is 0 Å². The van der Waals surface area contributed by atoms with Crippen molar-refractivity contribution in [2.45, 2.75) is 0 Å². The van der Waals surface area contributed by atoms with Crippen molar-refractivity contribution in [3.8, 4) is 0 Å². The van der Waals surface area contributed by atoms with E-state index >= 15 is 0 Å². The maximum Gasteiger partial charge on any atom is 0.281 e. The molecule has 0 bridgehead atoms. The molecule has 0 aliphatic rings. The summed E-state index contributed by atoms with van der Waals surface area (Å²) >= 11 is 1.40. The lowest BCUT2D eigenvalue weighted by molar-refractivity contribution is 0.0959. The Bertz CT molecular complexity index is 732. The minimum atomic E-state index is -0.222. The fourth-order valence-corrected chi connectivity index (χ4v) is 2.65. The van der Waals surface area contributed by atoms with Gasteiger partial charge < -0.3 is 0 Å². The highest BCUT2D eigenvalue weighted by Gasteiger charge is 2.09. The highest BCUT2D eigenvalue weighted by molar-refractivity contribution is 7.20. The van der Waals surface area contributed by atoms with Crippen LogP contribution in [0.1, 0.15) is 15.2 Å². The monoisotopic (exact) mass is 281 g/mol. The zero-order chi connectivity index (χ0) is 13.8. The summed E-state index contributed by atoms with van der Waals surface area (Å²) in [5.74, 6) is -0.222. The highest BCUT2D eigenvalue weighted by atomic mass is 32.1. The van der Waals surface area contributed by atoms with Gasteiger partial charge in [-0.2, -0.15) is 5.10 Å². The van der Waals surface area contributed by atoms with E-state index in [0.29, 0.717) is 4.88 Å². The number of thiophene rings is 1. The van der Waals surface area contributed by atoms with Gasteiger partial charge in [0, 0.05) is 6.20 Å². The Kier molecular flexibility index (Phi) is 3.52. The van der Waals surface area contributed by atoms with Gasteiger partial charge in [0.1, 0.15) is 0 Å². The molecule has 1 N–H and O–H groups in total. The fraction of sp³-hybridized carbons (Fsp3) is 0. The molecule has 98 valence electrons. The summed E-state index contributed by atoms with van der Waals surface area (Å²) in [5, 5.41) is 3.95. The van der Waals surface area contributed by atoms with E-state index in [4.69, 9.17) is 0 Å². The first-order valence-electron chi connectivity index (χ1n) is 6.06. The van der Waals surface area contributed by atoms with Gasteiger partial charge in [-0.15, -0.1) is 11.3 Å². The predicted octanol–water partition coefficient (Wildman–Crippen LogP) is 3.06. The van der Waals surface area contributed by atoms with Crippen LogP contribution >= 0.6 is 11.3 Å². The van der Waals surface area contributed by atoms with Crippen molar-refractivity contribution >= 4 is 33.7 Å². The third-order valence-electron chi connectivity index (χ3n) is 2.69. The molecule has 0 saturated carbocycles. The maximum atomic E-state index is 12.0. The minimum absolute atomic E-state index is 0.222. The molecule has 1 aromatic carbocycles. The van der Waals surface area contributed by atoms with Gasteiger partial charge in [-0.25, -0.2) is 5.43 Å². The lowest BCUT2D eigenvalue weighted by Gasteiger charge is -1.95. The van der Waals surface area contributed by atoms with Gasteiger partial charge in [-0.1, -0.05) is 30.3 Å². The van der Waals surface area contributed by atoms with E-state index < -0.39 is 0 Å². The Morgan fingerprint density at radius 1 is 1.20 bits per heavy atom. The number of fused-ring (bicyclic) bond motifs is 1. The van der Waals surface area contributed by atoms with Gasteiger partial charge in [0.25, 0.3) is 5.91 Å². The molecule has 4 nitrogen and oxygen atoms in total. The summed E-state index contributed by atoms with van der Waals surface area (Å²) in [5.41, 5.74) is 4.29. The van der Waals surface area contributed by atoms with Gasteiger partial charge in [0.05, 0.1) is 21.3 Å². The zero-order valence-electron chi connectivity index (χ0n) is 10.5. The van der Waals surface area contributed by atoms with Crippen LogP contribution in [0.25, 0.3) is 10.2 Å². The molecule has 2 heterocycles. The quantitative estimate of drug-likeness (QED) is 0.592. The lowest BCUT2D eigenvalue weighted by Crippen LogP contribution is -2.16. The summed E-state index contributed by atoms with van der Waals surface area (Å²) in [6, 6.07) is 15.2.